The van der Waals surface area contributed by atoms with Crippen molar-refractivity contribution < 1.29 is 4.79 Å². The maximum atomic E-state index is 12.5. The molecule has 30 heavy (non-hydrogen) atoms. The number of nitrogens with one attached hydrogen (secondary N) is 2. The number of carbonyl (C=O) groups is 1. The minimum atomic E-state index is 0. The molecule has 2 aliphatic heterocycles. The third kappa shape index (κ3) is 6.87. The molecule has 0 aromatic carbocycles. The molecule has 2 saturated heterocycles. The molecule has 3 rings (SSSR count). The van der Waals surface area contributed by atoms with E-state index in [9.17, 15) is 4.79 Å². The summed E-state index contributed by atoms with van der Waals surface area (Å²) >= 11 is 6.28. The van der Waals surface area contributed by atoms with Gasteiger partial charge in [0.05, 0.1) is 11.6 Å². The van der Waals surface area contributed by atoms with Gasteiger partial charge in [-0.05, 0) is 51.7 Å². The summed E-state index contributed by atoms with van der Waals surface area (Å²) in [6, 6.07) is 4.34. The normalized spacial score (nSPS) is 21.9. The summed E-state index contributed by atoms with van der Waals surface area (Å²) in [6.45, 7) is 8.09. The number of hydrogen-bond donors (Lipinski definition) is 2. The molecule has 3 heterocycles. The number of amides is 1. The van der Waals surface area contributed by atoms with Crippen LogP contribution in [0.3, 0.4) is 0 Å². The predicted molar refractivity (Wildman–Crippen MR) is 134 cm³/mol. The van der Waals surface area contributed by atoms with Crippen LogP contribution in [0.5, 0.6) is 0 Å². The number of hydrogen-bond acceptors (Lipinski definition) is 4. The average molecular weight is 549 g/mol. The fourth-order valence-electron chi connectivity index (χ4n) is 4.07. The number of aliphatic imine (C=N–C) groups is 1. The van der Waals surface area contributed by atoms with Crippen molar-refractivity contribution in [3.8, 4) is 0 Å². The molecular weight excluding hydrogens is 515 g/mol. The van der Waals surface area contributed by atoms with Crippen LogP contribution in [-0.4, -0.2) is 66.6 Å². The molecule has 0 saturated carbocycles. The Hall–Kier alpha value is -1.29. The van der Waals surface area contributed by atoms with Gasteiger partial charge in [0.25, 0.3) is 0 Å². The molecule has 2 atom stereocenters. The highest BCUT2D eigenvalue weighted by molar-refractivity contribution is 14.0. The molecule has 0 radical (unpaired) electrons. The summed E-state index contributed by atoms with van der Waals surface area (Å²) in [5, 5.41) is 7.47. The minimum Gasteiger partial charge on any atom is -0.357 e. The summed E-state index contributed by atoms with van der Waals surface area (Å²) in [4.78, 5) is 25.8. The van der Waals surface area contributed by atoms with Gasteiger partial charge in [-0.25, -0.2) is 4.98 Å². The van der Waals surface area contributed by atoms with E-state index in [-0.39, 0.29) is 35.9 Å². The lowest BCUT2D eigenvalue weighted by atomic mass is 10.0. The highest BCUT2D eigenvalue weighted by Gasteiger charge is 2.26. The lowest BCUT2D eigenvalue weighted by Crippen LogP contribution is -2.45. The van der Waals surface area contributed by atoms with E-state index < -0.39 is 0 Å². The lowest BCUT2D eigenvalue weighted by molar-refractivity contribution is -0.134. The fourth-order valence-corrected chi connectivity index (χ4v) is 4.31. The zero-order valence-corrected chi connectivity index (χ0v) is 21.0. The maximum absolute atomic E-state index is 12.5. The van der Waals surface area contributed by atoms with Crippen molar-refractivity contribution in [3.05, 3.63) is 23.4 Å². The van der Waals surface area contributed by atoms with Crippen molar-refractivity contribution in [1.29, 1.82) is 0 Å². The fraction of sp³-hybridized carbons (Fsp3) is 0.667. The molecule has 0 aliphatic carbocycles. The van der Waals surface area contributed by atoms with Crippen LogP contribution < -0.4 is 15.5 Å². The monoisotopic (exact) mass is 548 g/mol. The molecule has 0 spiro atoms. The average Bonchev–Trinajstić information content (AvgIpc) is 3.17. The molecule has 2 fully saturated rings. The van der Waals surface area contributed by atoms with E-state index in [1.165, 1.54) is 6.42 Å². The van der Waals surface area contributed by atoms with Gasteiger partial charge in [0.1, 0.15) is 5.82 Å². The quantitative estimate of drug-likeness (QED) is 0.324. The largest absolute Gasteiger partial charge is 0.357 e. The van der Waals surface area contributed by atoms with Gasteiger partial charge in [-0.1, -0.05) is 11.6 Å². The molecule has 0 bridgehead atoms. The Kier molecular flexibility index (Phi) is 10.4. The van der Waals surface area contributed by atoms with E-state index in [0.717, 1.165) is 57.2 Å². The predicted octanol–water partition coefficient (Wildman–Crippen LogP) is 3.28. The van der Waals surface area contributed by atoms with Gasteiger partial charge in [-0.2, -0.15) is 0 Å². The number of anilines is 1. The van der Waals surface area contributed by atoms with Gasteiger partial charge < -0.3 is 20.4 Å². The van der Waals surface area contributed by atoms with Crippen molar-refractivity contribution in [2.24, 2.45) is 4.99 Å². The summed E-state index contributed by atoms with van der Waals surface area (Å²) in [6.07, 6.45) is 6.66. The van der Waals surface area contributed by atoms with Crippen molar-refractivity contribution in [3.63, 3.8) is 0 Å². The van der Waals surface area contributed by atoms with E-state index in [0.29, 0.717) is 24.0 Å². The molecule has 1 aromatic heterocycles. The summed E-state index contributed by atoms with van der Waals surface area (Å²) in [7, 11) is 0. The molecule has 168 valence electrons. The number of rotatable bonds is 6. The first kappa shape index (κ1) is 25.0. The Morgan fingerprint density at radius 1 is 1.33 bits per heavy atom. The van der Waals surface area contributed by atoms with Crippen LogP contribution in [0.2, 0.25) is 5.02 Å². The molecule has 2 unspecified atom stereocenters. The van der Waals surface area contributed by atoms with Crippen LogP contribution >= 0.6 is 35.6 Å². The molecule has 2 N–H and O–H groups in total. The third-order valence-electron chi connectivity index (χ3n) is 5.63. The Morgan fingerprint density at radius 3 is 2.90 bits per heavy atom. The molecule has 1 aromatic rings. The van der Waals surface area contributed by atoms with Crippen molar-refractivity contribution in [1.82, 2.24) is 20.5 Å². The highest BCUT2D eigenvalue weighted by Crippen LogP contribution is 2.25. The second kappa shape index (κ2) is 12.5. The maximum Gasteiger partial charge on any atom is 0.224 e. The number of likely N-dealkylation sites (tertiary alicyclic amines) is 1. The first-order valence-corrected chi connectivity index (χ1v) is 11.2. The molecule has 9 heteroatoms. The zero-order chi connectivity index (χ0) is 20.6. The Labute approximate surface area is 202 Å². The van der Waals surface area contributed by atoms with Gasteiger partial charge in [0.15, 0.2) is 5.96 Å². The van der Waals surface area contributed by atoms with Crippen LogP contribution in [-0.2, 0) is 4.79 Å². The van der Waals surface area contributed by atoms with Gasteiger partial charge in [0, 0.05) is 50.9 Å². The van der Waals surface area contributed by atoms with E-state index in [1.807, 2.05) is 24.0 Å². The van der Waals surface area contributed by atoms with Crippen LogP contribution in [0.15, 0.2) is 23.3 Å². The Morgan fingerprint density at radius 2 is 2.17 bits per heavy atom. The first-order valence-electron chi connectivity index (χ1n) is 10.8. The second-order valence-corrected chi connectivity index (χ2v) is 8.23. The van der Waals surface area contributed by atoms with Gasteiger partial charge in [-0.3, -0.25) is 9.79 Å². The third-order valence-corrected chi connectivity index (χ3v) is 5.93. The molecular formula is C21H34ClIN6O. The highest BCUT2D eigenvalue weighted by atomic mass is 127. The van der Waals surface area contributed by atoms with E-state index in [4.69, 9.17) is 11.6 Å². The van der Waals surface area contributed by atoms with Crippen molar-refractivity contribution in [2.45, 2.75) is 58.0 Å². The zero-order valence-electron chi connectivity index (χ0n) is 17.9. The topological polar surface area (TPSA) is 72.9 Å². The van der Waals surface area contributed by atoms with Crippen molar-refractivity contribution >= 4 is 53.3 Å². The van der Waals surface area contributed by atoms with Gasteiger partial charge in [0.2, 0.25) is 5.91 Å². The Balaban J connectivity index is 0.00000320. The number of pyridine rings is 1. The summed E-state index contributed by atoms with van der Waals surface area (Å²) in [5.74, 6) is 1.82. The smallest absolute Gasteiger partial charge is 0.224 e. The number of aromatic nitrogens is 1. The lowest BCUT2D eigenvalue weighted by Gasteiger charge is -2.33. The van der Waals surface area contributed by atoms with E-state index >= 15 is 0 Å². The molecule has 2 aliphatic rings. The summed E-state index contributed by atoms with van der Waals surface area (Å²) in [5.41, 5.74) is 0. The molecule has 1 amide bonds. The van der Waals surface area contributed by atoms with Gasteiger partial charge >= 0.3 is 0 Å². The number of halogens is 2. The number of guanidine groups is 1. The van der Waals surface area contributed by atoms with Gasteiger partial charge in [-0.15, -0.1) is 24.0 Å². The van der Waals surface area contributed by atoms with Crippen LogP contribution in [0, 0.1) is 0 Å². The standard InChI is InChI=1S/C21H33ClN6O.HI/c1-3-23-21(25-12-9-19(29)28-13-5-4-7-16(28)2)26-17-10-14-27(15-17)20-18(22)8-6-11-24-20;/h6,8,11,16-17H,3-5,7,9-10,12-15H2,1-2H3,(H2,23,25,26);1H. The van der Waals surface area contributed by atoms with Crippen molar-refractivity contribution in [2.75, 3.05) is 37.6 Å². The van der Waals surface area contributed by atoms with Crippen LogP contribution in [0.25, 0.3) is 0 Å². The number of piperidine rings is 1. The Bertz CT molecular complexity index is 718. The summed E-state index contributed by atoms with van der Waals surface area (Å²) < 4.78 is 0. The van der Waals surface area contributed by atoms with E-state index in [1.54, 1.807) is 6.20 Å². The van der Waals surface area contributed by atoms with Crippen LogP contribution in [0.4, 0.5) is 5.82 Å². The van der Waals surface area contributed by atoms with E-state index in [2.05, 4.69) is 32.4 Å². The van der Waals surface area contributed by atoms with Crippen LogP contribution in [0.1, 0.15) is 46.0 Å². The minimum absolute atomic E-state index is 0. The number of nitrogens with zero attached hydrogens (tertiary/aromatic N) is 4. The number of carbonyl (C=O) groups excluding carboxylic acids is 1. The first-order chi connectivity index (χ1) is 14.1. The second-order valence-electron chi connectivity index (χ2n) is 7.83. The molecule has 7 nitrogen and oxygen atoms in total. The SMILES string of the molecule is CCNC(=NCCC(=O)N1CCCCC1C)NC1CCN(c2ncccc2Cl)C1.I.